The van der Waals surface area contributed by atoms with Crippen LogP contribution >= 0.6 is 12.4 Å². The van der Waals surface area contributed by atoms with Crippen LogP contribution in [0.3, 0.4) is 0 Å². The van der Waals surface area contributed by atoms with Crippen molar-refractivity contribution in [2.75, 3.05) is 20.1 Å². The lowest BCUT2D eigenvalue weighted by atomic mass is 10.1. The standard InChI is InChI=1S/C12H16N4O.ClH/c1-13-6-7-14-12(17)8-11-9-4-2-3-5-10(9)15-16-11;/h2-5,13H,6-8H2,1H3,(H,14,17)(H,15,16);1H. The first kappa shape index (κ1) is 14.5. The molecule has 0 fully saturated rings. The predicted octanol–water partition coefficient (Wildman–Crippen LogP) is 0.863. The molecule has 1 aromatic heterocycles. The molecule has 2 rings (SSSR count). The summed E-state index contributed by atoms with van der Waals surface area (Å²) in [4.78, 5) is 11.6. The number of carbonyl (C=O) groups is 1. The van der Waals surface area contributed by atoms with Crippen LogP contribution in [0.15, 0.2) is 24.3 Å². The topological polar surface area (TPSA) is 69.8 Å². The Morgan fingerprint density at radius 3 is 2.89 bits per heavy atom. The van der Waals surface area contributed by atoms with E-state index < -0.39 is 0 Å². The van der Waals surface area contributed by atoms with Crippen molar-refractivity contribution in [2.45, 2.75) is 6.42 Å². The third kappa shape index (κ3) is 3.45. The summed E-state index contributed by atoms with van der Waals surface area (Å²) in [5.41, 5.74) is 1.76. The number of hydrogen-bond donors (Lipinski definition) is 3. The van der Waals surface area contributed by atoms with Crippen LogP contribution in [0.5, 0.6) is 0 Å². The molecule has 0 aliphatic rings. The van der Waals surface area contributed by atoms with Gasteiger partial charge in [-0.1, -0.05) is 18.2 Å². The Morgan fingerprint density at radius 1 is 1.33 bits per heavy atom. The molecule has 0 radical (unpaired) electrons. The number of nitrogens with one attached hydrogen (secondary N) is 3. The average molecular weight is 269 g/mol. The highest BCUT2D eigenvalue weighted by atomic mass is 35.5. The van der Waals surface area contributed by atoms with Crippen LogP contribution in [0.1, 0.15) is 5.69 Å². The fourth-order valence-corrected chi connectivity index (χ4v) is 1.70. The summed E-state index contributed by atoms with van der Waals surface area (Å²) in [5.74, 6) is 0.00894. The number of H-pyrrole nitrogens is 1. The number of rotatable bonds is 5. The van der Waals surface area contributed by atoms with Crippen molar-refractivity contribution in [3.8, 4) is 0 Å². The SMILES string of the molecule is CNCCNC(=O)Cc1[nH]nc2ccccc12.Cl. The monoisotopic (exact) mass is 268 g/mol. The van der Waals surface area contributed by atoms with Gasteiger partial charge in [-0.3, -0.25) is 9.89 Å². The van der Waals surface area contributed by atoms with E-state index in [1.807, 2.05) is 31.3 Å². The van der Waals surface area contributed by atoms with Crippen LogP contribution in [-0.2, 0) is 11.2 Å². The van der Waals surface area contributed by atoms with Crippen molar-refractivity contribution in [3.05, 3.63) is 30.0 Å². The van der Waals surface area contributed by atoms with Gasteiger partial charge >= 0.3 is 0 Å². The lowest BCUT2D eigenvalue weighted by molar-refractivity contribution is -0.120. The molecular weight excluding hydrogens is 252 g/mol. The first-order valence-electron chi connectivity index (χ1n) is 5.64. The van der Waals surface area contributed by atoms with E-state index in [2.05, 4.69) is 20.8 Å². The van der Waals surface area contributed by atoms with Crippen molar-refractivity contribution in [1.82, 2.24) is 20.8 Å². The number of fused-ring (bicyclic) bond motifs is 1. The van der Waals surface area contributed by atoms with Gasteiger partial charge in [0.05, 0.1) is 17.6 Å². The zero-order chi connectivity index (χ0) is 12.1. The number of halogens is 1. The fourth-order valence-electron chi connectivity index (χ4n) is 1.70. The molecule has 0 saturated carbocycles. The minimum Gasteiger partial charge on any atom is -0.354 e. The first-order chi connectivity index (χ1) is 8.31. The van der Waals surface area contributed by atoms with Gasteiger partial charge in [-0.2, -0.15) is 5.10 Å². The quantitative estimate of drug-likeness (QED) is 0.705. The molecule has 3 N–H and O–H groups in total. The van der Waals surface area contributed by atoms with E-state index in [-0.39, 0.29) is 18.3 Å². The minimum absolute atomic E-state index is 0. The second-order valence-corrected chi connectivity index (χ2v) is 3.85. The van der Waals surface area contributed by atoms with E-state index in [4.69, 9.17) is 0 Å². The number of amides is 1. The van der Waals surface area contributed by atoms with Crippen LogP contribution in [0.25, 0.3) is 10.9 Å². The summed E-state index contributed by atoms with van der Waals surface area (Å²) in [6.45, 7) is 1.41. The Balaban J connectivity index is 0.00000162. The first-order valence-corrected chi connectivity index (χ1v) is 5.64. The summed E-state index contributed by atoms with van der Waals surface area (Å²) in [7, 11) is 1.86. The average Bonchev–Trinajstić information content (AvgIpc) is 2.73. The van der Waals surface area contributed by atoms with Crippen LogP contribution in [0.4, 0.5) is 0 Å². The number of hydrogen-bond acceptors (Lipinski definition) is 3. The van der Waals surface area contributed by atoms with Gasteiger partial charge in [-0.05, 0) is 13.1 Å². The summed E-state index contributed by atoms with van der Waals surface area (Å²) in [6.07, 6.45) is 0.338. The van der Waals surface area contributed by atoms with Crippen molar-refractivity contribution in [3.63, 3.8) is 0 Å². The van der Waals surface area contributed by atoms with Gasteiger partial charge < -0.3 is 10.6 Å². The molecule has 0 saturated heterocycles. The molecule has 0 aliphatic heterocycles. The highest BCUT2D eigenvalue weighted by Gasteiger charge is 2.08. The highest BCUT2D eigenvalue weighted by molar-refractivity contribution is 5.87. The summed E-state index contributed by atoms with van der Waals surface area (Å²) in [6, 6.07) is 7.77. The number of likely N-dealkylation sites (N-methyl/N-ethyl adjacent to an activating group) is 1. The van der Waals surface area contributed by atoms with Crippen molar-refractivity contribution < 1.29 is 4.79 Å². The number of aromatic nitrogens is 2. The molecule has 1 amide bonds. The fraction of sp³-hybridized carbons (Fsp3) is 0.333. The largest absolute Gasteiger partial charge is 0.354 e. The molecule has 2 aromatic rings. The Morgan fingerprint density at radius 2 is 2.11 bits per heavy atom. The number of aromatic amines is 1. The molecule has 0 bridgehead atoms. The maximum Gasteiger partial charge on any atom is 0.226 e. The maximum absolute atomic E-state index is 11.6. The Bertz CT molecular complexity index is 512. The van der Waals surface area contributed by atoms with Crippen LogP contribution in [0.2, 0.25) is 0 Å². The maximum atomic E-state index is 11.6. The number of nitrogens with zero attached hydrogens (tertiary/aromatic N) is 1. The minimum atomic E-state index is 0. The van der Waals surface area contributed by atoms with E-state index in [1.165, 1.54) is 0 Å². The van der Waals surface area contributed by atoms with Crippen molar-refractivity contribution >= 4 is 29.2 Å². The Hall–Kier alpha value is -1.59. The number of benzene rings is 1. The third-order valence-electron chi connectivity index (χ3n) is 2.57. The van der Waals surface area contributed by atoms with E-state index in [1.54, 1.807) is 0 Å². The molecule has 0 aliphatic carbocycles. The number of carbonyl (C=O) groups excluding carboxylic acids is 1. The Kier molecular flexibility index (Phi) is 5.61. The van der Waals surface area contributed by atoms with Gasteiger partial charge in [0.15, 0.2) is 0 Å². The van der Waals surface area contributed by atoms with Crippen molar-refractivity contribution in [2.24, 2.45) is 0 Å². The van der Waals surface area contributed by atoms with E-state index >= 15 is 0 Å². The molecule has 1 aromatic carbocycles. The molecule has 6 heteroatoms. The highest BCUT2D eigenvalue weighted by Crippen LogP contribution is 2.15. The smallest absolute Gasteiger partial charge is 0.226 e. The van der Waals surface area contributed by atoms with Gasteiger partial charge in [0.1, 0.15) is 0 Å². The summed E-state index contributed by atoms with van der Waals surface area (Å²) >= 11 is 0. The lowest BCUT2D eigenvalue weighted by Crippen LogP contribution is -2.31. The summed E-state index contributed by atoms with van der Waals surface area (Å²) < 4.78 is 0. The zero-order valence-electron chi connectivity index (χ0n) is 10.2. The van der Waals surface area contributed by atoms with Gasteiger partial charge in [0.2, 0.25) is 5.91 Å². The second kappa shape index (κ2) is 6.98. The molecule has 0 atom stereocenters. The van der Waals surface area contributed by atoms with Crippen molar-refractivity contribution in [1.29, 1.82) is 0 Å². The molecule has 18 heavy (non-hydrogen) atoms. The zero-order valence-corrected chi connectivity index (χ0v) is 11.0. The van der Waals surface area contributed by atoms with Crippen LogP contribution in [-0.4, -0.2) is 36.2 Å². The second-order valence-electron chi connectivity index (χ2n) is 3.85. The molecular formula is C12H17ClN4O. The Labute approximate surface area is 112 Å². The number of para-hydroxylation sites is 1. The molecule has 0 unspecified atom stereocenters. The summed E-state index contributed by atoms with van der Waals surface area (Å²) in [5, 5.41) is 13.9. The third-order valence-corrected chi connectivity index (χ3v) is 2.57. The predicted molar refractivity (Wildman–Crippen MR) is 74.0 cm³/mol. The van der Waals surface area contributed by atoms with Crippen LogP contribution in [0, 0.1) is 0 Å². The van der Waals surface area contributed by atoms with E-state index in [9.17, 15) is 4.79 Å². The van der Waals surface area contributed by atoms with E-state index in [0.29, 0.717) is 13.0 Å². The molecule has 98 valence electrons. The molecule has 1 heterocycles. The van der Waals surface area contributed by atoms with Crippen LogP contribution < -0.4 is 10.6 Å². The molecule has 0 spiro atoms. The van der Waals surface area contributed by atoms with E-state index in [0.717, 1.165) is 23.1 Å². The normalized spacial score (nSPS) is 10.1. The lowest BCUT2D eigenvalue weighted by Gasteiger charge is -2.03. The van der Waals surface area contributed by atoms with Gasteiger partial charge in [0.25, 0.3) is 0 Å². The molecule has 5 nitrogen and oxygen atoms in total. The van der Waals surface area contributed by atoms with Gasteiger partial charge in [-0.15, -0.1) is 12.4 Å². The van der Waals surface area contributed by atoms with Gasteiger partial charge in [-0.25, -0.2) is 0 Å². The van der Waals surface area contributed by atoms with Gasteiger partial charge in [0, 0.05) is 18.5 Å².